The Morgan fingerprint density at radius 1 is 1.44 bits per heavy atom. The molecule has 2 aromatic heterocycles. The highest BCUT2D eigenvalue weighted by molar-refractivity contribution is 9.10. The van der Waals surface area contributed by atoms with Crippen LogP contribution in [0.2, 0.25) is 0 Å². The van der Waals surface area contributed by atoms with Gasteiger partial charge in [0.05, 0.1) is 5.69 Å². The third-order valence-corrected chi connectivity index (χ3v) is 3.45. The van der Waals surface area contributed by atoms with Crippen molar-refractivity contribution in [3.8, 4) is 0 Å². The van der Waals surface area contributed by atoms with Crippen LogP contribution in [-0.4, -0.2) is 14.8 Å². The highest BCUT2D eigenvalue weighted by Crippen LogP contribution is 2.29. The van der Waals surface area contributed by atoms with Gasteiger partial charge in [0, 0.05) is 17.7 Å². The quantitative estimate of drug-likeness (QED) is 0.853. The van der Waals surface area contributed by atoms with E-state index in [1.807, 2.05) is 20.0 Å². The molecule has 2 heterocycles. The number of nitrogens with zero attached hydrogens (tertiary/aromatic N) is 3. The lowest BCUT2D eigenvalue weighted by Gasteiger charge is -2.02. The molecule has 0 saturated heterocycles. The first kappa shape index (κ1) is 11.6. The number of hydrogen-bond donors (Lipinski definition) is 0. The largest absolute Gasteiger partial charge is 0.261 e. The van der Waals surface area contributed by atoms with Crippen molar-refractivity contribution in [3.05, 3.63) is 34.3 Å². The van der Waals surface area contributed by atoms with Crippen LogP contribution in [0.25, 0.3) is 0 Å². The molecule has 84 valence electrons. The molecule has 0 fully saturated rings. The minimum absolute atomic E-state index is 0.335. The van der Waals surface area contributed by atoms with E-state index in [9.17, 15) is 4.39 Å². The maximum absolute atomic E-state index is 13.5. The van der Waals surface area contributed by atoms with Gasteiger partial charge in [0.15, 0.2) is 5.82 Å². The lowest BCUT2D eigenvalue weighted by atomic mass is 10.5. The van der Waals surface area contributed by atoms with Crippen LogP contribution in [0, 0.1) is 12.7 Å². The third kappa shape index (κ3) is 2.44. The zero-order valence-corrected chi connectivity index (χ0v) is 11.1. The zero-order chi connectivity index (χ0) is 11.7. The summed E-state index contributed by atoms with van der Waals surface area (Å²) in [5.41, 5.74) is 0.905. The van der Waals surface area contributed by atoms with Crippen molar-refractivity contribution in [3.63, 3.8) is 0 Å². The van der Waals surface area contributed by atoms with Crippen molar-refractivity contribution in [1.82, 2.24) is 14.8 Å². The van der Waals surface area contributed by atoms with Crippen molar-refractivity contribution in [2.75, 3.05) is 0 Å². The summed E-state index contributed by atoms with van der Waals surface area (Å²) in [5.74, 6) is -0.335. The van der Waals surface area contributed by atoms with Gasteiger partial charge in [0.25, 0.3) is 0 Å². The highest BCUT2D eigenvalue weighted by Gasteiger charge is 2.10. The molecule has 0 radical (unpaired) electrons. The normalized spacial score (nSPS) is 10.8. The van der Waals surface area contributed by atoms with Gasteiger partial charge in [0.2, 0.25) is 0 Å². The molecule has 2 rings (SSSR count). The summed E-state index contributed by atoms with van der Waals surface area (Å²) >= 11 is 4.43. The van der Waals surface area contributed by atoms with E-state index in [0.717, 1.165) is 10.7 Å². The Morgan fingerprint density at radius 3 is 2.75 bits per heavy atom. The second-order valence-electron chi connectivity index (χ2n) is 3.29. The molecule has 0 saturated carbocycles. The van der Waals surface area contributed by atoms with Gasteiger partial charge in [-0.3, -0.25) is 4.68 Å². The van der Waals surface area contributed by atoms with E-state index in [1.165, 1.54) is 17.8 Å². The molecule has 0 spiro atoms. The monoisotopic (exact) mass is 301 g/mol. The van der Waals surface area contributed by atoms with Crippen LogP contribution in [0.5, 0.6) is 0 Å². The fourth-order valence-corrected chi connectivity index (χ4v) is 2.42. The standard InChI is InChI=1S/C10H9BrFN3S/c1-6-3-9(15(2)14-6)16-10-8(12)4-7(11)5-13-10/h3-5H,1-2H3. The minimum Gasteiger partial charge on any atom is -0.261 e. The SMILES string of the molecule is Cc1cc(Sc2ncc(Br)cc2F)n(C)n1. The van der Waals surface area contributed by atoms with Crippen molar-refractivity contribution in [2.45, 2.75) is 17.0 Å². The van der Waals surface area contributed by atoms with Gasteiger partial charge in [-0.15, -0.1) is 0 Å². The van der Waals surface area contributed by atoms with Crippen LogP contribution < -0.4 is 0 Å². The average molecular weight is 302 g/mol. The van der Waals surface area contributed by atoms with Crippen LogP contribution in [0.15, 0.2) is 32.9 Å². The van der Waals surface area contributed by atoms with E-state index in [2.05, 4.69) is 26.0 Å². The van der Waals surface area contributed by atoms with Crippen molar-refractivity contribution >= 4 is 27.7 Å². The van der Waals surface area contributed by atoms with Gasteiger partial charge in [-0.25, -0.2) is 9.37 Å². The molecule has 0 aliphatic rings. The Labute approximate surface area is 105 Å². The summed E-state index contributed by atoms with van der Waals surface area (Å²) in [4.78, 5) is 4.02. The molecule has 0 atom stereocenters. The van der Waals surface area contributed by atoms with Crippen LogP contribution in [-0.2, 0) is 7.05 Å². The molecule has 0 aliphatic heterocycles. The summed E-state index contributed by atoms with van der Waals surface area (Å²) in [6, 6.07) is 3.30. The number of aryl methyl sites for hydroxylation is 2. The van der Waals surface area contributed by atoms with Crippen molar-refractivity contribution < 1.29 is 4.39 Å². The molecule has 0 amide bonds. The summed E-state index contributed by atoms with van der Waals surface area (Å²) in [5, 5.41) is 5.41. The fourth-order valence-electron chi connectivity index (χ4n) is 1.26. The van der Waals surface area contributed by atoms with Crippen LogP contribution in [0.4, 0.5) is 4.39 Å². The Morgan fingerprint density at radius 2 is 2.19 bits per heavy atom. The van der Waals surface area contributed by atoms with Gasteiger partial charge in [-0.1, -0.05) is 0 Å². The van der Waals surface area contributed by atoms with Crippen molar-refractivity contribution in [1.29, 1.82) is 0 Å². The average Bonchev–Trinajstić information content (AvgIpc) is 2.50. The predicted octanol–water partition coefficient (Wildman–Crippen LogP) is 3.18. The number of halogens is 2. The summed E-state index contributed by atoms with van der Waals surface area (Å²) in [6.45, 7) is 1.90. The van der Waals surface area contributed by atoms with Gasteiger partial charge >= 0.3 is 0 Å². The maximum Gasteiger partial charge on any atom is 0.156 e. The molecule has 3 nitrogen and oxygen atoms in total. The Hall–Kier alpha value is -0.880. The summed E-state index contributed by atoms with van der Waals surface area (Å²) in [7, 11) is 1.83. The summed E-state index contributed by atoms with van der Waals surface area (Å²) < 4.78 is 15.9. The molecule has 0 aromatic carbocycles. The zero-order valence-electron chi connectivity index (χ0n) is 8.74. The van der Waals surface area contributed by atoms with E-state index in [-0.39, 0.29) is 5.82 Å². The third-order valence-electron chi connectivity index (χ3n) is 1.93. The molecular weight excluding hydrogens is 293 g/mol. The molecular formula is C10H9BrFN3S. The first-order valence-corrected chi connectivity index (χ1v) is 6.17. The number of rotatable bonds is 2. The summed E-state index contributed by atoms with van der Waals surface area (Å²) in [6.07, 6.45) is 1.58. The van der Waals surface area contributed by atoms with E-state index in [0.29, 0.717) is 9.50 Å². The first-order chi connectivity index (χ1) is 7.56. The van der Waals surface area contributed by atoms with E-state index in [1.54, 1.807) is 10.9 Å². The smallest absolute Gasteiger partial charge is 0.156 e. The molecule has 0 aliphatic carbocycles. The second kappa shape index (κ2) is 4.55. The van der Waals surface area contributed by atoms with Crippen LogP contribution >= 0.6 is 27.7 Å². The Kier molecular flexibility index (Phi) is 3.30. The van der Waals surface area contributed by atoms with Crippen molar-refractivity contribution in [2.24, 2.45) is 7.05 Å². The number of aromatic nitrogens is 3. The van der Waals surface area contributed by atoms with Gasteiger partial charge < -0.3 is 0 Å². The van der Waals surface area contributed by atoms with Gasteiger partial charge in [0.1, 0.15) is 10.1 Å². The fraction of sp³-hybridized carbons (Fsp3) is 0.200. The highest BCUT2D eigenvalue weighted by atomic mass is 79.9. The Bertz CT molecular complexity index is 527. The lowest BCUT2D eigenvalue weighted by Crippen LogP contribution is -1.94. The molecule has 16 heavy (non-hydrogen) atoms. The van der Waals surface area contributed by atoms with Gasteiger partial charge in [-0.2, -0.15) is 5.10 Å². The predicted molar refractivity (Wildman–Crippen MR) is 64.0 cm³/mol. The maximum atomic E-state index is 13.5. The second-order valence-corrected chi connectivity index (χ2v) is 5.21. The molecule has 6 heteroatoms. The Balaban J connectivity index is 2.30. The van der Waals surface area contributed by atoms with Crippen LogP contribution in [0.3, 0.4) is 0 Å². The molecule has 0 bridgehead atoms. The molecule has 0 N–H and O–H groups in total. The molecule has 2 aromatic rings. The molecule has 0 unspecified atom stereocenters. The first-order valence-electron chi connectivity index (χ1n) is 4.56. The lowest BCUT2D eigenvalue weighted by molar-refractivity contribution is 0.585. The van der Waals surface area contributed by atoms with E-state index < -0.39 is 0 Å². The van der Waals surface area contributed by atoms with E-state index >= 15 is 0 Å². The topological polar surface area (TPSA) is 30.7 Å². The van der Waals surface area contributed by atoms with E-state index in [4.69, 9.17) is 0 Å². The van der Waals surface area contributed by atoms with Crippen LogP contribution in [0.1, 0.15) is 5.69 Å². The van der Waals surface area contributed by atoms with Gasteiger partial charge in [-0.05, 0) is 46.7 Å². The number of hydrogen-bond acceptors (Lipinski definition) is 3. The number of pyridine rings is 1. The minimum atomic E-state index is -0.335.